The minimum absolute atomic E-state index is 0.761. The molecule has 0 heterocycles. The van der Waals surface area contributed by atoms with Crippen molar-refractivity contribution in [3.8, 4) is 0 Å². The van der Waals surface area contributed by atoms with E-state index in [1.54, 1.807) is 0 Å². The van der Waals surface area contributed by atoms with Gasteiger partial charge >= 0.3 is 0 Å². The van der Waals surface area contributed by atoms with Gasteiger partial charge in [-0.25, -0.2) is 0 Å². The van der Waals surface area contributed by atoms with Crippen LogP contribution in [0.3, 0.4) is 0 Å². The van der Waals surface area contributed by atoms with Crippen molar-refractivity contribution < 1.29 is 4.74 Å². The van der Waals surface area contributed by atoms with E-state index >= 15 is 0 Å². The molecule has 66 valence electrons. The highest BCUT2D eigenvalue weighted by Gasteiger charge is 1.97. The highest BCUT2D eigenvalue weighted by molar-refractivity contribution is 4.73. The summed E-state index contributed by atoms with van der Waals surface area (Å²) in [6, 6.07) is 0. The Morgan fingerprint density at radius 2 is 1.91 bits per heavy atom. The van der Waals surface area contributed by atoms with Gasteiger partial charge in [0.1, 0.15) is 6.61 Å². The van der Waals surface area contributed by atoms with Gasteiger partial charge in [-0.3, -0.25) is 0 Å². The average molecular weight is 157 g/mol. The van der Waals surface area contributed by atoms with Gasteiger partial charge in [-0.2, -0.15) is 0 Å². The van der Waals surface area contributed by atoms with Crippen LogP contribution in [-0.2, 0) is 4.74 Å². The summed E-state index contributed by atoms with van der Waals surface area (Å²) in [5.74, 6) is 0.803. The molecule has 0 bridgehead atoms. The van der Waals surface area contributed by atoms with Crippen molar-refractivity contribution >= 4 is 0 Å². The third kappa shape index (κ3) is 5.92. The summed E-state index contributed by atoms with van der Waals surface area (Å²) in [6.45, 7) is 13.8. The number of nitrogens with zero attached hydrogens (tertiary/aromatic N) is 1. The van der Waals surface area contributed by atoms with E-state index in [1.807, 2.05) is 6.92 Å². The SMILES string of the molecule is C=C(C)OCCN(CC)CC. The van der Waals surface area contributed by atoms with Gasteiger partial charge in [0.15, 0.2) is 0 Å². The zero-order valence-electron chi connectivity index (χ0n) is 7.89. The standard InChI is InChI=1S/C9H19NO/c1-5-10(6-2)7-8-11-9(3)4/h3,5-8H2,1-2,4H3. The number of rotatable bonds is 6. The lowest BCUT2D eigenvalue weighted by atomic mass is 10.5. The number of hydrogen-bond donors (Lipinski definition) is 0. The van der Waals surface area contributed by atoms with E-state index in [0.29, 0.717) is 0 Å². The van der Waals surface area contributed by atoms with Gasteiger partial charge in [-0.15, -0.1) is 0 Å². The normalized spacial score (nSPS) is 10.2. The van der Waals surface area contributed by atoms with Crippen LogP contribution in [0, 0.1) is 0 Å². The maximum Gasteiger partial charge on any atom is 0.100 e. The predicted molar refractivity (Wildman–Crippen MR) is 48.6 cm³/mol. The lowest BCUT2D eigenvalue weighted by Gasteiger charge is -2.17. The van der Waals surface area contributed by atoms with Crippen LogP contribution in [0.5, 0.6) is 0 Å². The summed E-state index contributed by atoms with van der Waals surface area (Å²) in [7, 11) is 0. The molecule has 0 spiro atoms. The second-order valence-electron chi connectivity index (χ2n) is 2.58. The van der Waals surface area contributed by atoms with Gasteiger partial charge in [0.2, 0.25) is 0 Å². The zero-order valence-corrected chi connectivity index (χ0v) is 7.89. The van der Waals surface area contributed by atoms with Gasteiger partial charge in [-0.1, -0.05) is 20.4 Å². The van der Waals surface area contributed by atoms with E-state index in [1.165, 1.54) is 0 Å². The highest BCUT2D eigenvalue weighted by atomic mass is 16.5. The van der Waals surface area contributed by atoms with Crippen LogP contribution >= 0.6 is 0 Å². The largest absolute Gasteiger partial charge is 0.498 e. The van der Waals surface area contributed by atoms with Crippen LogP contribution in [0.25, 0.3) is 0 Å². The maximum absolute atomic E-state index is 5.24. The Morgan fingerprint density at radius 1 is 1.36 bits per heavy atom. The number of likely N-dealkylation sites (N-methyl/N-ethyl adjacent to an activating group) is 1. The quantitative estimate of drug-likeness (QED) is 0.546. The molecule has 0 aliphatic heterocycles. The molecular weight excluding hydrogens is 138 g/mol. The minimum atomic E-state index is 0.761. The molecule has 0 aliphatic rings. The summed E-state index contributed by atoms with van der Waals surface area (Å²) in [4.78, 5) is 2.32. The average Bonchev–Trinajstić information content (AvgIpc) is 1.98. The van der Waals surface area contributed by atoms with Crippen LogP contribution in [0.15, 0.2) is 12.3 Å². The fourth-order valence-corrected chi connectivity index (χ4v) is 0.889. The Labute approximate surface area is 69.8 Å². The Kier molecular flexibility index (Phi) is 5.94. The molecule has 0 aromatic rings. The van der Waals surface area contributed by atoms with E-state index in [4.69, 9.17) is 4.74 Å². The molecule has 0 aromatic carbocycles. The first-order valence-electron chi connectivity index (χ1n) is 4.21. The van der Waals surface area contributed by atoms with Crippen LogP contribution in [0.1, 0.15) is 20.8 Å². The topological polar surface area (TPSA) is 12.5 Å². The molecule has 0 unspecified atom stereocenters. The molecule has 0 fully saturated rings. The van der Waals surface area contributed by atoms with E-state index < -0.39 is 0 Å². The Balaban J connectivity index is 3.28. The van der Waals surface area contributed by atoms with Gasteiger partial charge in [0.05, 0.1) is 5.76 Å². The second-order valence-corrected chi connectivity index (χ2v) is 2.58. The highest BCUT2D eigenvalue weighted by Crippen LogP contribution is 1.92. The van der Waals surface area contributed by atoms with Crippen molar-refractivity contribution in [3.05, 3.63) is 12.3 Å². The maximum atomic E-state index is 5.24. The molecule has 0 atom stereocenters. The molecule has 2 heteroatoms. The molecule has 0 amide bonds. The van der Waals surface area contributed by atoms with E-state index in [2.05, 4.69) is 25.3 Å². The van der Waals surface area contributed by atoms with Gasteiger partial charge in [0.25, 0.3) is 0 Å². The fourth-order valence-electron chi connectivity index (χ4n) is 0.889. The lowest BCUT2D eigenvalue weighted by molar-refractivity contribution is 0.166. The van der Waals surface area contributed by atoms with Gasteiger partial charge < -0.3 is 9.64 Å². The smallest absolute Gasteiger partial charge is 0.100 e. The molecule has 0 aliphatic carbocycles. The van der Waals surface area contributed by atoms with E-state index in [9.17, 15) is 0 Å². The molecule has 0 saturated heterocycles. The molecule has 2 nitrogen and oxygen atoms in total. The molecular formula is C9H19NO. The van der Waals surface area contributed by atoms with Crippen molar-refractivity contribution in [2.75, 3.05) is 26.2 Å². The third-order valence-electron chi connectivity index (χ3n) is 1.65. The molecule has 0 N–H and O–H groups in total. The number of ether oxygens (including phenoxy) is 1. The first-order chi connectivity index (χ1) is 5.20. The van der Waals surface area contributed by atoms with Gasteiger partial charge in [-0.05, 0) is 20.0 Å². The summed E-state index contributed by atoms with van der Waals surface area (Å²) in [6.07, 6.45) is 0. The predicted octanol–water partition coefficient (Wildman–Crippen LogP) is 1.88. The minimum Gasteiger partial charge on any atom is -0.498 e. The van der Waals surface area contributed by atoms with Crippen LogP contribution in [0.4, 0.5) is 0 Å². The van der Waals surface area contributed by atoms with Crippen molar-refractivity contribution in [2.45, 2.75) is 20.8 Å². The summed E-state index contributed by atoms with van der Waals surface area (Å²) >= 11 is 0. The fraction of sp³-hybridized carbons (Fsp3) is 0.778. The summed E-state index contributed by atoms with van der Waals surface area (Å²) in [5, 5.41) is 0. The van der Waals surface area contributed by atoms with Crippen LogP contribution < -0.4 is 0 Å². The third-order valence-corrected chi connectivity index (χ3v) is 1.65. The van der Waals surface area contributed by atoms with Crippen molar-refractivity contribution in [1.29, 1.82) is 0 Å². The summed E-state index contributed by atoms with van der Waals surface area (Å²) in [5.41, 5.74) is 0. The Bertz CT molecular complexity index is 108. The van der Waals surface area contributed by atoms with E-state index in [-0.39, 0.29) is 0 Å². The van der Waals surface area contributed by atoms with Crippen molar-refractivity contribution in [1.82, 2.24) is 4.90 Å². The number of allylic oxidation sites excluding steroid dienone is 1. The van der Waals surface area contributed by atoms with Crippen LogP contribution in [0.2, 0.25) is 0 Å². The second kappa shape index (κ2) is 6.23. The van der Waals surface area contributed by atoms with Crippen molar-refractivity contribution in [2.24, 2.45) is 0 Å². The monoisotopic (exact) mass is 157 g/mol. The van der Waals surface area contributed by atoms with E-state index in [0.717, 1.165) is 32.0 Å². The molecule has 11 heavy (non-hydrogen) atoms. The Hall–Kier alpha value is -0.500. The first kappa shape index (κ1) is 10.5. The Morgan fingerprint density at radius 3 is 2.27 bits per heavy atom. The molecule has 0 saturated carbocycles. The molecule has 0 aromatic heterocycles. The van der Waals surface area contributed by atoms with Crippen LogP contribution in [-0.4, -0.2) is 31.1 Å². The summed E-state index contributed by atoms with van der Waals surface area (Å²) < 4.78 is 5.24. The number of hydrogen-bond acceptors (Lipinski definition) is 2. The van der Waals surface area contributed by atoms with Crippen molar-refractivity contribution in [3.63, 3.8) is 0 Å². The lowest BCUT2D eigenvalue weighted by Crippen LogP contribution is -2.26. The molecule has 0 radical (unpaired) electrons. The molecule has 0 rings (SSSR count). The zero-order chi connectivity index (χ0) is 8.69. The van der Waals surface area contributed by atoms with Gasteiger partial charge in [0, 0.05) is 6.54 Å². The first-order valence-corrected chi connectivity index (χ1v) is 4.21.